The van der Waals surface area contributed by atoms with Crippen LogP contribution in [0, 0.1) is 17.8 Å². The monoisotopic (exact) mass is 254 g/mol. The molecule has 0 spiro atoms. The summed E-state index contributed by atoms with van der Waals surface area (Å²) in [5.74, 6) is 2.23. The predicted molar refractivity (Wildman–Crippen MR) is 76.2 cm³/mol. The van der Waals surface area contributed by atoms with Gasteiger partial charge in [0.25, 0.3) is 0 Å². The molecule has 0 aromatic carbocycles. The smallest absolute Gasteiger partial charge is 0.224 e. The molecule has 3 heteroatoms. The normalized spacial score (nSPS) is 21.1. The van der Waals surface area contributed by atoms with Gasteiger partial charge >= 0.3 is 0 Å². The van der Waals surface area contributed by atoms with Crippen LogP contribution in [0.5, 0.6) is 0 Å². The first-order chi connectivity index (χ1) is 8.45. The van der Waals surface area contributed by atoms with Crippen molar-refractivity contribution in [1.29, 1.82) is 0 Å². The largest absolute Gasteiger partial charge is 0.343 e. The lowest BCUT2D eigenvalue weighted by Crippen LogP contribution is -2.42. The number of carbonyl (C=O) groups is 1. The number of hydrogen-bond donors (Lipinski definition) is 1. The maximum Gasteiger partial charge on any atom is 0.224 e. The van der Waals surface area contributed by atoms with Gasteiger partial charge in [0.2, 0.25) is 5.91 Å². The molecule has 1 aliphatic heterocycles. The summed E-state index contributed by atoms with van der Waals surface area (Å²) >= 11 is 0. The van der Waals surface area contributed by atoms with E-state index in [2.05, 4.69) is 27.7 Å². The Balaban J connectivity index is 2.36. The summed E-state index contributed by atoms with van der Waals surface area (Å²) in [5.41, 5.74) is 5.97. The quantitative estimate of drug-likeness (QED) is 0.820. The molecule has 1 fully saturated rings. The highest BCUT2D eigenvalue weighted by Gasteiger charge is 2.26. The van der Waals surface area contributed by atoms with E-state index in [1.807, 2.05) is 4.90 Å². The van der Waals surface area contributed by atoms with E-state index in [1.165, 1.54) is 6.42 Å². The lowest BCUT2D eigenvalue weighted by atomic mass is 9.84. The van der Waals surface area contributed by atoms with E-state index in [4.69, 9.17) is 5.73 Å². The third-order valence-corrected chi connectivity index (χ3v) is 4.61. The molecule has 2 atom stereocenters. The fourth-order valence-corrected chi connectivity index (χ4v) is 2.62. The number of nitrogens with two attached hydrogens (primary N) is 1. The molecule has 1 amide bonds. The van der Waals surface area contributed by atoms with Gasteiger partial charge in [0.15, 0.2) is 0 Å². The number of likely N-dealkylation sites (tertiary alicyclic amines) is 1. The van der Waals surface area contributed by atoms with Crippen molar-refractivity contribution >= 4 is 5.91 Å². The van der Waals surface area contributed by atoms with Gasteiger partial charge in [-0.05, 0) is 30.6 Å². The maximum absolute atomic E-state index is 12.1. The summed E-state index contributed by atoms with van der Waals surface area (Å²) in [7, 11) is 0. The molecule has 0 aromatic heterocycles. The fraction of sp³-hybridized carbons (Fsp3) is 0.933. The topological polar surface area (TPSA) is 46.3 Å². The second kappa shape index (κ2) is 7.13. The van der Waals surface area contributed by atoms with Crippen LogP contribution in [-0.2, 0) is 4.79 Å². The third-order valence-electron chi connectivity index (χ3n) is 4.61. The average molecular weight is 254 g/mol. The molecule has 18 heavy (non-hydrogen) atoms. The minimum absolute atomic E-state index is 0.00443. The summed E-state index contributed by atoms with van der Waals surface area (Å²) in [4.78, 5) is 14.1. The van der Waals surface area contributed by atoms with Gasteiger partial charge in [0.05, 0.1) is 0 Å². The number of nitrogens with zero attached hydrogens (tertiary/aromatic N) is 1. The van der Waals surface area contributed by atoms with E-state index in [9.17, 15) is 4.79 Å². The lowest BCUT2D eigenvalue weighted by Gasteiger charge is -2.35. The molecule has 0 saturated carbocycles. The molecule has 0 radical (unpaired) electrons. The van der Waals surface area contributed by atoms with Gasteiger partial charge in [-0.2, -0.15) is 0 Å². The second-order valence-corrected chi connectivity index (χ2v) is 6.22. The van der Waals surface area contributed by atoms with Crippen LogP contribution in [0.25, 0.3) is 0 Å². The molecule has 0 bridgehead atoms. The molecule has 2 N–H and O–H groups in total. The van der Waals surface area contributed by atoms with Gasteiger partial charge in [0.1, 0.15) is 0 Å². The zero-order chi connectivity index (χ0) is 13.7. The molecule has 1 rings (SSSR count). The molecule has 0 aromatic rings. The Morgan fingerprint density at radius 2 is 1.83 bits per heavy atom. The van der Waals surface area contributed by atoms with Crippen LogP contribution in [-0.4, -0.2) is 29.9 Å². The molecule has 1 saturated heterocycles. The van der Waals surface area contributed by atoms with E-state index in [0.717, 1.165) is 37.8 Å². The lowest BCUT2D eigenvalue weighted by molar-refractivity contribution is -0.133. The highest BCUT2D eigenvalue weighted by molar-refractivity contribution is 5.76. The number of amides is 1. The van der Waals surface area contributed by atoms with Gasteiger partial charge in [-0.3, -0.25) is 4.79 Å². The Morgan fingerprint density at radius 3 is 2.28 bits per heavy atom. The number of carbonyl (C=O) groups excluding carboxylic acids is 1. The second-order valence-electron chi connectivity index (χ2n) is 6.22. The van der Waals surface area contributed by atoms with Crippen molar-refractivity contribution in [3.05, 3.63) is 0 Å². The average Bonchev–Trinajstić information content (AvgIpc) is 2.37. The summed E-state index contributed by atoms with van der Waals surface area (Å²) in [6.07, 6.45) is 4.08. The third kappa shape index (κ3) is 4.27. The zero-order valence-corrected chi connectivity index (χ0v) is 12.5. The van der Waals surface area contributed by atoms with Crippen molar-refractivity contribution in [3.8, 4) is 0 Å². The molecular weight excluding hydrogens is 224 g/mol. The highest BCUT2D eigenvalue weighted by Crippen LogP contribution is 2.27. The van der Waals surface area contributed by atoms with E-state index in [-0.39, 0.29) is 11.9 Å². The van der Waals surface area contributed by atoms with E-state index < -0.39 is 0 Å². The van der Waals surface area contributed by atoms with Crippen LogP contribution in [0.3, 0.4) is 0 Å². The van der Waals surface area contributed by atoms with Gasteiger partial charge in [-0.25, -0.2) is 0 Å². The van der Waals surface area contributed by atoms with Crippen LogP contribution in [0.4, 0.5) is 0 Å². The molecule has 1 heterocycles. The van der Waals surface area contributed by atoms with Crippen molar-refractivity contribution in [1.82, 2.24) is 4.90 Å². The maximum atomic E-state index is 12.1. The van der Waals surface area contributed by atoms with Crippen molar-refractivity contribution in [2.75, 3.05) is 13.1 Å². The molecule has 3 nitrogen and oxygen atoms in total. The number of piperidine rings is 1. The Morgan fingerprint density at radius 1 is 1.28 bits per heavy atom. The SMILES string of the molecule is CC[C@H](C)C1CCN(C(=O)C[C@H](N)C(C)C)CC1. The highest BCUT2D eigenvalue weighted by atomic mass is 16.2. The Hall–Kier alpha value is -0.570. The Labute approximate surface area is 112 Å². The van der Waals surface area contributed by atoms with E-state index in [0.29, 0.717) is 12.3 Å². The van der Waals surface area contributed by atoms with Gasteiger partial charge in [-0.15, -0.1) is 0 Å². The van der Waals surface area contributed by atoms with E-state index >= 15 is 0 Å². The van der Waals surface area contributed by atoms with Crippen LogP contribution in [0.15, 0.2) is 0 Å². The van der Waals surface area contributed by atoms with Crippen LogP contribution in [0.1, 0.15) is 53.4 Å². The first kappa shape index (κ1) is 15.5. The summed E-state index contributed by atoms with van der Waals surface area (Å²) in [6.45, 7) is 10.6. The molecule has 0 aliphatic carbocycles. The summed E-state index contributed by atoms with van der Waals surface area (Å²) in [6, 6.07) is 0.00443. The minimum Gasteiger partial charge on any atom is -0.343 e. The van der Waals surface area contributed by atoms with Crippen molar-refractivity contribution < 1.29 is 4.79 Å². The zero-order valence-electron chi connectivity index (χ0n) is 12.5. The molecule has 1 aliphatic rings. The van der Waals surface area contributed by atoms with E-state index in [1.54, 1.807) is 0 Å². The standard InChI is InChI=1S/C15H30N2O/c1-5-12(4)13-6-8-17(9-7-13)15(18)10-14(16)11(2)3/h11-14H,5-10,16H2,1-4H3/t12-,14-/m0/s1. The number of rotatable bonds is 5. The Kier molecular flexibility index (Phi) is 6.13. The summed E-state index contributed by atoms with van der Waals surface area (Å²) in [5, 5.41) is 0. The Bertz CT molecular complexity index is 257. The van der Waals surface area contributed by atoms with Gasteiger partial charge in [0, 0.05) is 25.6 Å². The van der Waals surface area contributed by atoms with Gasteiger partial charge < -0.3 is 10.6 Å². The van der Waals surface area contributed by atoms with Crippen LogP contribution in [0.2, 0.25) is 0 Å². The summed E-state index contributed by atoms with van der Waals surface area (Å²) < 4.78 is 0. The first-order valence-electron chi connectivity index (χ1n) is 7.49. The fourth-order valence-electron chi connectivity index (χ4n) is 2.62. The van der Waals surface area contributed by atoms with Gasteiger partial charge in [-0.1, -0.05) is 34.1 Å². The minimum atomic E-state index is 0.00443. The molecule has 106 valence electrons. The van der Waals surface area contributed by atoms with Crippen molar-refractivity contribution in [2.45, 2.75) is 59.4 Å². The predicted octanol–water partition coefficient (Wildman–Crippen LogP) is 2.64. The first-order valence-corrected chi connectivity index (χ1v) is 7.49. The van der Waals surface area contributed by atoms with Crippen LogP contribution < -0.4 is 5.73 Å². The van der Waals surface area contributed by atoms with Crippen molar-refractivity contribution in [3.63, 3.8) is 0 Å². The molecule has 0 unspecified atom stereocenters. The molecular formula is C15H30N2O. The number of hydrogen-bond acceptors (Lipinski definition) is 2. The van der Waals surface area contributed by atoms with Crippen molar-refractivity contribution in [2.24, 2.45) is 23.5 Å². The van der Waals surface area contributed by atoms with Crippen LogP contribution >= 0.6 is 0 Å².